The lowest BCUT2D eigenvalue weighted by Gasteiger charge is -2.13. The molecule has 1 fully saturated rings. The Balaban J connectivity index is 2.00. The highest BCUT2D eigenvalue weighted by molar-refractivity contribution is 14.1. The van der Waals surface area contributed by atoms with Crippen molar-refractivity contribution in [2.45, 2.75) is 26.2 Å². The van der Waals surface area contributed by atoms with Gasteiger partial charge in [0.2, 0.25) is 5.91 Å². The smallest absolute Gasteiger partial charge is 0.306 e. The van der Waals surface area contributed by atoms with Crippen molar-refractivity contribution in [1.82, 2.24) is 0 Å². The van der Waals surface area contributed by atoms with Crippen LogP contribution in [0.1, 0.15) is 24.8 Å². The molecular weight excluding hydrogens is 357 g/mol. The van der Waals surface area contributed by atoms with Gasteiger partial charge in [0.1, 0.15) is 0 Å². The minimum absolute atomic E-state index is 0.0620. The highest BCUT2D eigenvalue weighted by Crippen LogP contribution is 2.32. The number of carbonyl (C=O) groups is 2. The molecule has 0 aromatic heterocycles. The summed E-state index contributed by atoms with van der Waals surface area (Å²) in [5.74, 6) is -1.40. The zero-order valence-corrected chi connectivity index (χ0v) is 12.8. The predicted octanol–water partition coefficient (Wildman–Crippen LogP) is 3.04. The molecule has 1 amide bonds. The Bertz CT molecular complexity index is 515. The Kier molecular flexibility index (Phi) is 4.44. The van der Waals surface area contributed by atoms with Crippen LogP contribution in [-0.2, 0) is 9.59 Å². The SMILES string of the molecule is Cc1cc(I)ccc1NC(=O)C1CCC(C(=O)O)C1. The van der Waals surface area contributed by atoms with E-state index in [1.807, 2.05) is 25.1 Å². The number of carboxylic acid groups (broad SMARTS) is 1. The summed E-state index contributed by atoms with van der Waals surface area (Å²) in [4.78, 5) is 23.0. The topological polar surface area (TPSA) is 66.4 Å². The highest BCUT2D eigenvalue weighted by atomic mass is 127. The number of nitrogens with one attached hydrogen (secondary N) is 1. The second-order valence-corrected chi connectivity index (χ2v) is 6.24. The van der Waals surface area contributed by atoms with Crippen LogP contribution in [0.2, 0.25) is 0 Å². The zero-order valence-electron chi connectivity index (χ0n) is 10.6. The first-order chi connectivity index (χ1) is 8.97. The van der Waals surface area contributed by atoms with E-state index in [1.165, 1.54) is 0 Å². The van der Waals surface area contributed by atoms with E-state index in [1.54, 1.807) is 0 Å². The van der Waals surface area contributed by atoms with E-state index in [4.69, 9.17) is 5.11 Å². The lowest BCUT2D eigenvalue weighted by molar-refractivity contribution is -0.141. The average molecular weight is 373 g/mol. The maximum Gasteiger partial charge on any atom is 0.306 e. The number of amides is 1. The van der Waals surface area contributed by atoms with Crippen LogP contribution in [0.4, 0.5) is 5.69 Å². The number of anilines is 1. The summed E-state index contributed by atoms with van der Waals surface area (Å²) in [6, 6.07) is 5.83. The first-order valence-electron chi connectivity index (χ1n) is 6.27. The third-order valence-electron chi connectivity index (χ3n) is 3.60. The maximum absolute atomic E-state index is 12.1. The summed E-state index contributed by atoms with van der Waals surface area (Å²) >= 11 is 2.23. The van der Waals surface area contributed by atoms with Crippen LogP contribution in [-0.4, -0.2) is 17.0 Å². The molecule has 0 aliphatic heterocycles. The van der Waals surface area contributed by atoms with E-state index in [2.05, 4.69) is 27.9 Å². The summed E-state index contributed by atoms with van der Waals surface area (Å²) in [6.07, 6.45) is 1.70. The zero-order chi connectivity index (χ0) is 14.0. The molecule has 2 unspecified atom stereocenters. The molecule has 0 heterocycles. The molecule has 2 N–H and O–H groups in total. The molecule has 0 spiro atoms. The number of carboxylic acids is 1. The van der Waals surface area contributed by atoms with E-state index < -0.39 is 5.97 Å². The second kappa shape index (κ2) is 5.90. The largest absolute Gasteiger partial charge is 0.481 e. The molecule has 19 heavy (non-hydrogen) atoms. The molecule has 1 saturated carbocycles. The van der Waals surface area contributed by atoms with Crippen molar-refractivity contribution in [1.29, 1.82) is 0 Å². The van der Waals surface area contributed by atoms with Crippen molar-refractivity contribution < 1.29 is 14.7 Å². The van der Waals surface area contributed by atoms with Gasteiger partial charge in [0, 0.05) is 15.2 Å². The first-order valence-corrected chi connectivity index (χ1v) is 7.35. The van der Waals surface area contributed by atoms with Crippen molar-refractivity contribution in [3.63, 3.8) is 0 Å². The number of halogens is 1. The average Bonchev–Trinajstić information content (AvgIpc) is 2.82. The summed E-state index contributed by atoms with van der Waals surface area (Å²) in [5.41, 5.74) is 1.83. The Hall–Kier alpha value is -1.11. The fourth-order valence-corrected chi connectivity index (χ4v) is 3.09. The Morgan fingerprint density at radius 2 is 2.00 bits per heavy atom. The molecule has 1 aromatic carbocycles. The first kappa shape index (κ1) is 14.3. The van der Waals surface area contributed by atoms with E-state index in [9.17, 15) is 9.59 Å². The van der Waals surface area contributed by atoms with E-state index >= 15 is 0 Å². The van der Waals surface area contributed by atoms with Crippen molar-refractivity contribution in [3.8, 4) is 0 Å². The fraction of sp³-hybridized carbons (Fsp3) is 0.429. The normalized spacial score (nSPS) is 22.2. The van der Waals surface area contributed by atoms with Crippen LogP contribution in [0.5, 0.6) is 0 Å². The molecule has 0 saturated heterocycles. The monoisotopic (exact) mass is 373 g/mol. The van der Waals surface area contributed by atoms with Crippen LogP contribution in [0.15, 0.2) is 18.2 Å². The van der Waals surface area contributed by atoms with Gasteiger partial charge in [0.25, 0.3) is 0 Å². The van der Waals surface area contributed by atoms with Gasteiger partial charge in [-0.25, -0.2) is 0 Å². The summed E-state index contributed by atoms with van der Waals surface area (Å²) in [7, 11) is 0. The van der Waals surface area contributed by atoms with Gasteiger partial charge < -0.3 is 10.4 Å². The molecule has 1 aromatic rings. The summed E-state index contributed by atoms with van der Waals surface area (Å²) in [6.45, 7) is 1.95. The number of aryl methyl sites for hydroxylation is 1. The van der Waals surface area contributed by atoms with E-state index in [0.717, 1.165) is 14.8 Å². The number of aliphatic carboxylic acids is 1. The number of carbonyl (C=O) groups excluding carboxylic acids is 1. The molecule has 1 aliphatic carbocycles. The quantitative estimate of drug-likeness (QED) is 0.801. The Morgan fingerprint density at radius 3 is 2.58 bits per heavy atom. The molecule has 4 nitrogen and oxygen atoms in total. The van der Waals surface area contributed by atoms with Crippen molar-refractivity contribution in [2.24, 2.45) is 11.8 Å². The van der Waals surface area contributed by atoms with Gasteiger partial charge in [0.15, 0.2) is 0 Å². The minimum Gasteiger partial charge on any atom is -0.481 e. The number of benzene rings is 1. The van der Waals surface area contributed by atoms with E-state index in [-0.39, 0.29) is 17.7 Å². The lowest BCUT2D eigenvalue weighted by atomic mass is 10.0. The molecule has 0 radical (unpaired) electrons. The predicted molar refractivity (Wildman–Crippen MR) is 81.0 cm³/mol. The van der Waals surface area contributed by atoms with Crippen molar-refractivity contribution >= 4 is 40.2 Å². The number of hydrogen-bond donors (Lipinski definition) is 2. The molecule has 102 valence electrons. The molecule has 5 heteroatoms. The Labute approximate surface area is 125 Å². The fourth-order valence-electron chi connectivity index (χ4n) is 2.45. The van der Waals surface area contributed by atoms with Crippen molar-refractivity contribution in [3.05, 3.63) is 27.3 Å². The van der Waals surface area contributed by atoms with Gasteiger partial charge in [-0.3, -0.25) is 9.59 Å². The standard InChI is InChI=1S/C14H16INO3/c1-8-6-11(15)4-5-12(8)16-13(17)9-2-3-10(7-9)14(18)19/h4-6,9-10H,2-3,7H2,1H3,(H,16,17)(H,18,19). The molecule has 0 bridgehead atoms. The van der Waals surface area contributed by atoms with Gasteiger partial charge in [-0.1, -0.05) is 0 Å². The van der Waals surface area contributed by atoms with Gasteiger partial charge in [0.05, 0.1) is 5.92 Å². The van der Waals surface area contributed by atoms with Gasteiger partial charge in [-0.2, -0.15) is 0 Å². The Morgan fingerprint density at radius 1 is 1.32 bits per heavy atom. The number of rotatable bonds is 3. The summed E-state index contributed by atoms with van der Waals surface area (Å²) in [5, 5.41) is 11.8. The van der Waals surface area contributed by atoms with E-state index in [0.29, 0.717) is 19.3 Å². The maximum atomic E-state index is 12.1. The third kappa shape index (κ3) is 3.46. The lowest BCUT2D eigenvalue weighted by Crippen LogP contribution is -2.22. The second-order valence-electron chi connectivity index (χ2n) is 4.99. The molecule has 1 aliphatic rings. The van der Waals surface area contributed by atoms with Crippen LogP contribution >= 0.6 is 22.6 Å². The molecule has 2 atom stereocenters. The van der Waals surface area contributed by atoms with Gasteiger partial charge in [-0.15, -0.1) is 0 Å². The summed E-state index contributed by atoms with van der Waals surface area (Å²) < 4.78 is 1.12. The van der Waals surface area contributed by atoms with Crippen LogP contribution < -0.4 is 5.32 Å². The minimum atomic E-state index is -0.791. The highest BCUT2D eigenvalue weighted by Gasteiger charge is 2.33. The van der Waals surface area contributed by atoms with Crippen LogP contribution in [0.3, 0.4) is 0 Å². The van der Waals surface area contributed by atoms with Crippen molar-refractivity contribution in [2.75, 3.05) is 5.32 Å². The number of hydrogen-bond acceptors (Lipinski definition) is 2. The molecule has 2 rings (SSSR count). The molecular formula is C14H16INO3. The van der Waals surface area contributed by atoms with Gasteiger partial charge >= 0.3 is 5.97 Å². The van der Waals surface area contributed by atoms with Crippen LogP contribution in [0, 0.1) is 22.3 Å². The van der Waals surface area contributed by atoms with Gasteiger partial charge in [-0.05, 0) is 72.5 Å². The third-order valence-corrected chi connectivity index (χ3v) is 4.27. The van der Waals surface area contributed by atoms with Crippen LogP contribution in [0.25, 0.3) is 0 Å².